The summed E-state index contributed by atoms with van der Waals surface area (Å²) < 4.78 is 0. The summed E-state index contributed by atoms with van der Waals surface area (Å²) >= 11 is 5.78. The van der Waals surface area contributed by atoms with Gasteiger partial charge in [-0.25, -0.2) is 4.79 Å². The Hall–Kier alpha value is -1.85. The van der Waals surface area contributed by atoms with Crippen molar-refractivity contribution in [2.24, 2.45) is 5.73 Å². The lowest BCUT2D eigenvalue weighted by molar-refractivity contribution is -0.122. The highest BCUT2D eigenvalue weighted by Gasteiger charge is 2.32. The maximum atomic E-state index is 12.0. The monoisotopic (exact) mass is 279 g/mol. The van der Waals surface area contributed by atoms with Gasteiger partial charge in [-0.1, -0.05) is 23.7 Å². The third-order valence-electron chi connectivity index (χ3n) is 2.73. The Morgan fingerprint density at radius 2 is 1.95 bits per heavy atom. The van der Waals surface area contributed by atoms with E-state index < -0.39 is 6.03 Å². The van der Waals surface area contributed by atoms with E-state index in [0.717, 1.165) is 10.5 Å². The highest BCUT2D eigenvalue weighted by molar-refractivity contribution is 6.30. The molecule has 1 aromatic carbocycles. The van der Waals surface area contributed by atoms with Crippen LogP contribution in [-0.4, -0.2) is 29.9 Å². The van der Waals surface area contributed by atoms with Crippen LogP contribution >= 0.6 is 11.6 Å². The number of urea groups is 1. The Morgan fingerprint density at radius 1 is 1.26 bits per heavy atom. The molecule has 1 saturated heterocycles. The van der Waals surface area contributed by atoms with Crippen molar-refractivity contribution in [3.05, 3.63) is 40.5 Å². The predicted molar refractivity (Wildman–Crippen MR) is 73.3 cm³/mol. The van der Waals surface area contributed by atoms with Gasteiger partial charge in [0, 0.05) is 11.6 Å². The standard InChI is InChI=1S/C13H14ClN3O2/c14-10-4-2-9(3-5-10)8-11-12(18)17(7-1-6-15)13(19)16-11/h2-5,8H,1,6-7,15H2,(H,16,19). The van der Waals surface area contributed by atoms with Crippen molar-refractivity contribution in [3.63, 3.8) is 0 Å². The van der Waals surface area contributed by atoms with Crippen molar-refractivity contribution in [2.45, 2.75) is 6.42 Å². The number of rotatable bonds is 4. The van der Waals surface area contributed by atoms with Gasteiger partial charge < -0.3 is 11.1 Å². The summed E-state index contributed by atoms with van der Waals surface area (Å²) in [6.07, 6.45) is 2.21. The number of amides is 3. The topological polar surface area (TPSA) is 75.4 Å². The van der Waals surface area contributed by atoms with E-state index in [2.05, 4.69) is 5.32 Å². The highest BCUT2D eigenvalue weighted by atomic mass is 35.5. The number of halogens is 1. The van der Waals surface area contributed by atoms with E-state index >= 15 is 0 Å². The first-order valence-electron chi connectivity index (χ1n) is 5.92. The molecular formula is C13H14ClN3O2. The quantitative estimate of drug-likeness (QED) is 0.649. The van der Waals surface area contributed by atoms with E-state index in [-0.39, 0.29) is 11.6 Å². The van der Waals surface area contributed by atoms with Crippen LogP contribution in [-0.2, 0) is 4.79 Å². The molecule has 6 heteroatoms. The molecule has 0 unspecified atom stereocenters. The van der Waals surface area contributed by atoms with Crippen molar-refractivity contribution in [1.82, 2.24) is 10.2 Å². The van der Waals surface area contributed by atoms with E-state index in [1.54, 1.807) is 30.3 Å². The number of nitrogens with two attached hydrogens (primary N) is 1. The van der Waals surface area contributed by atoms with Gasteiger partial charge in [0.1, 0.15) is 5.70 Å². The van der Waals surface area contributed by atoms with Crippen LogP contribution in [0.3, 0.4) is 0 Å². The average Bonchev–Trinajstić information content (AvgIpc) is 2.65. The molecule has 0 atom stereocenters. The van der Waals surface area contributed by atoms with Gasteiger partial charge in [-0.3, -0.25) is 9.69 Å². The van der Waals surface area contributed by atoms with Crippen LogP contribution in [0.25, 0.3) is 6.08 Å². The van der Waals surface area contributed by atoms with Crippen LogP contribution in [0.1, 0.15) is 12.0 Å². The van der Waals surface area contributed by atoms with Crippen molar-refractivity contribution in [3.8, 4) is 0 Å². The van der Waals surface area contributed by atoms with Crippen LogP contribution in [0, 0.1) is 0 Å². The number of hydrogen-bond acceptors (Lipinski definition) is 3. The normalized spacial score (nSPS) is 17.2. The molecule has 0 radical (unpaired) electrons. The van der Waals surface area contributed by atoms with Crippen LogP contribution in [0.15, 0.2) is 30.0 Å². The lowest BCUT2D eigenvalue weighted by Crippen LogP contribution is -2.32. The van der Waals surface area contributed by atoms with Gasteiger partial charge in [-0.05, 0) is 36.7 Å². The second-order valence-corrected chi connectivity index (χ2v) is 4.58. The van der Waals surface area contributed by atoms with Gasteiger partial charge in [-0.2, -0.15) is 0 Å². The first kappa shape index (κ1) is 13.6. The second kappa shape index (κ2) is 5.86. The summed E-state index contributed by atoms with van der Waals surface area (Å²) in [5.41, 5.74) is 6.44. The van der Waals surface area contributed by atoms with Crippen LogP contribution in [0.2, 0.25) is 5.02 Å². The molecule has 1 aliphatic rings. The SMILES string of the molecule is NCCCN1C(=O)NC(=Cc2ccc(Cl)cc2)C1=O. The lowest BCUT2D eigenvalue weighted by atomic mass is 10.2. The molecule has 1 heterocycles. The Morgan fingerprint density at radius 3 is 2.58 bits per heavy atom. The minimum absolute atomic E-state index is 0.268. The summed E-state index contributed by atoms with van der Waals surface area (Å²) in [5, 5.41) is 3.17. The molecule has 19 heavy (non-hydrogen) atoms. The van der Waals surface area contributed by atoms with Crippen LogP contribution < -0.4 is 11.1 Å². The maximum Gasteiger partial charge on any atom is 0.329 e. The zero-order valence-corrected chi connectivity index (χ0v) is 11.0. The molecule has 0 bridgehead atoms. The molecule has 0 spiro atoms. The third-order valence-corrected chi connectivity index (χ3v) is 2.98. The number of imide groups is 1. The molecule has 0 aromatic heterocycles. The number of carbonyl (C=O) groups excluding carboxylic acids is 2. The fraction of sp³-hybridized carbons (Fsp3) is 0.231. The molecule has 5 nitrogen and oxygen atoms in total. The molecule has 2 rings (SSSR count). The largest absolute Gasteiger partial charge is 0.330 e. The van der Waals surface area contributed by atoms with Crippen molar-refractivity contribution in [1.29, 1.82) is 0 Å². The van der Waals surface area contributed by atoms with E-state index in [4.69, 9.17) is 17.3 Å². The average molecular weight is 280 g/mol. The van der Waals surface area contributed by atoms with Crippen LogP contribution in [0.4, 0.5) is 4.79 Å². The van der Waals surface area contributed by atoms with Gasteiger partial charge in [0.05, 0.1) is 0 Å². The van der Waals surface area contributed by atoms with Gasteiger partial charge in [-0.15, -0.1) is 0 Å². The van der Waals surface area contributed by atoms with Crippen molar-refractivity contribution in [2.75, 3.05) is 13.1 Å². The van der Waals surface area contributed by atoms with E-state index in [9.17, 15) is 9.59 Å². The fourth-order valence-corrected chi connectivity index (χ4v) is 1.88. The third kappa shape index (κ3) is 3.13. The fourth-order valence-electron chi connectivity index (χ4n) is 1.75. The number of benzene rings is 1. The minimum atomic E-state index is -0.404. The Labute approximate surface area is 116 Å². The Bertz CT molecular complexity index is 525. The highest BCUT2D eigenvalue weighted by Crippen LogP contribution is 2.16. The van der Waals surface area contributed by atoms with Gasteiger partial charge in [0.2, 0.25) is 0 Å². The van der Waals surface area contributed by atoms with E-state index in [1.807, 2.05) is 0 Å². The molecular weight excluding hydrogens is 266 g/mol. The zero-order valence-electron chi connectivity index (χ0n) is 10.2. The summed E-state index contributed by atoms with van der Waals surface area (Å²) in [7, 11) is 0. The second-order valence-electron chi connectivity index (χ2n) is 4.14. The summed E-state index contributed by atoms with van der Waals surface area (Å²) in [5.74, 6) is -0.326. The zero-order chi connectivity index (χ0) is 13.8. The van der Waals surface area contributed by atoms with Crippen LogP contribution in [0.5, 0.6) is 0 Å². The van der Waals surface area contributed by atoms with Crippen molar-refractivity contribution < 1.29 is 9.59 Å². The Balaban J connectivity index is 2.16. The molecule has 3 N–H and O–H groups in total. The van der Waals surface area contributed by atoms with Gasteiger partial charge in [0.15, 0.2) is 0 Å². The maximum absolute atomic E-state index is 12.0. The molecule has 0 saturated carbocycles. The molecule has 1 aliphatic heterocycles. The number of hydrogen-bond donors (Lipinski definition) is 2. The van der Waals surface area contributed by atoms with Gasteiger partial charge in [0.25, 0.3) is 5.91 Å². The first-order chi connectivity index (χ1) is 9.11. The van der Waals surface area contributed by atoms with E-state index in [0.29, 0.717) is 24.5 Å². The predicted octanol–water partition coefficient (Wildman–Crippen LogP) is 1.58. The number of carbonyl (C=O) groups is 2. The van der Waals surface area contributed by atoms with E-state index in [1.165, 1.54) is 0 Å². The van der Waals surface area contributed by atoms with Crippen molar-refractivity contribution >= 4 is 29.6 Å². The smallest absolute Gasteiger partial charge is 0.329 e. The first-order valence-corrected chi connectivity index (χ1v) is 6.30. The summed E-state index contributed by atoms with van der Waals surface area (Å²) in [6, 6.07) is 6.59. The molecule has 3 amide bonds. The number of nitrogens with one attached hydrogen (secondary N) is 1. The molecule has 1 aromatic rings. The molecule has 0 aliphatic carbocycles. The molecule has 1 fully saturated rings. The summed E-state index contributed by atoms with van der Waals surface area (Å²) in [6.45, 7) is 0.770. The van der Waals surface area contributed by atoms with Gasteiger partial charge >= 0.3 is 6.03 Å². The number of nitrogens with zero attached hydrogens (tertiary/aromatic N) is 1. The Kier molecular flexibility index (Phi) is 4.19. The minimum Gasteiger partial charge on any atom is -0.330 e. The summed E-state index contributed by atoms with van der Waals surface area (Å²) in [4.78, 5) is 24.8. The lowest BCUT2D eigenvalue weighted by Gasteiger charge is -2.09. The molecule has 100 valence electrons.